The van der Waals surface area contributed by atoms with Crippen molar-refractivity contribution in [3.05, 3.63) is 16.1 Å². The topological polar surface area (TPSA) is 57.2 Å². The average Bonchev–Trinajstić information content (AvgIpc) is 2.34. The standard InChI is InChI=1S/C11H17Cl2N3OS/c1-6(9(5-17)18-3)15-11-8(13)4-7(12)10(14-2)16-11/h4,6,9,17H,5H2,1-3H3,(H2,14,15,16). The first-order chi connectivity index (χ1) is 8.53. The second-order valence-electron chi connectivity index (χ2n) is 3.79. The third-order valence-corrected chi connectivity index (χ3v) is 4.31. The lowest BCUT2D eigenvalue weighted by Gasteiger charge is -2.22. The number of aliphatic hydroxyl groups is 1. The number of anilines is 2. The minimum Gasteiger partial charge on any atom is -0.395 e. The van der Waals surface area contributed by atoms with Gasteiger partial charge in [-0.3, -0.25) is 0 Å². The SMILES string of the molecule is CNc1nc(NC(C)C(CO)SC)c(Cl)cc1Cl. The van der Waals surface area contributed by atoms with Crippen LogP contribution in [-0.4, -0.2) is 41.3 Å². The number of nitrogens with zero attached hydrogens (tertiary/aromatic N) is 1. The molecule has 0 aliphatic heterocycles. The van der Waals surface area contributed by atoms with Crippen LogP contribution in [0.5, 0.6) is 0 Å². The average molecular weight is 310 g/mol. The third kappa shape index (κ3) is 3.82. The van der Waals surface area contributed by atoms with Gasteiger partial charge in [0.1, 0.15) is 11.6 Å². The Labute approximate surface area is 121 Å². The summed E-state index contributed by atoms with van der Waals surface area (Å²) in [6.45, 7) is 2.07. The van der Waals surface area contributed by atoms with E-state index in [-0.39, 0.29) is 17.9 Å². The van der Waals surface area contributed by atoms with Crippen molar-refractivity contribution in [1.82, 2.24) is 4.98 Å². The number of hydrogen-bond donors (Lipinski definition) is 3. The van der Waals surface area contributed by atoms with Gasteiger partial charge < -0.3 is 15.7 Å². The van der Waals surface area contributed by atoms with E-state index in [1.54, 1.807) is 24.9 Å². The number of aliphatic hydroxyl groups excluding tert-OH is 1. The molecule has 0 saturated carbocycles. The number of halogens is 2. The highest BCUT2D eigenvalue weighted by atomic mass is 35.5. The lowest BCUT2D eigenvalue weighted by Crippen LogP contribution is -2.31. The van der Waals surface area contributed by atoms with Crippen molar-refractivity contribution in [2.75, 3.05) is 30.5 Å². The smallest absolute Gasteiger partial charge is 0.147 e. The van der Waals surface area contributed by atoms with Crippen LogP contribution in [0.15, 0.2) is 6.07 Å². The number of aromatic nitrogens is 1. The van der Waals surface area contributed by atoms with Crippen LogP contribution < -0.4 is 10.6 Å². The van der Waals surface area contributed by atoms with Gasteiger partial charge in [0, 0.05) is 18.3 Å². The van der Waals surface area contributed by atoms with Crippen LogP contribution in [0.4, 0.5) is 11.6 Å². The molecule has 0 aromatic carbocycles. The highest BCUT2D eigenvalue weighted by Crippen LogP contribution is 2.30. The highest BCUT2D eigenvalue weighted by molar-refractivity contribution is 7.99. The fourth-order valence-corrected chi connectivity index (χ4v) is 2.62. The Morgan fingerprint density at radius 3 is 2.50 bits per heavy atom. The fraction of sp³-hybridized carbons (Fsp3) is 0.545. The lowest BCUT2D eigenvalue weighted by molar-refractivity contribution is 0.288. The third-order valence-electron chi connectivity index (χ3n) is 2.57. The quantitative estimate of drug-likeness (QED) is 0.754. The minimum atomic E-state index is 0.0425. The summed E-state index contributed by atoms with van der Waals surface area (Å²) in [4.78, 5) is 4.30. The van der Waals surface area contributed by atoms with Gasteiger partial charge in [0.2, 0.25) is 0 Å². The molecule has 0 fully saturated rings. The van der Waals surface area contributed by atoms with Crippen molar-refractivity contribution in [2.24, 2.45) is 0 Å². The molecule has 102 valence electrons. The molecule has 1 aromatic rings. The summed E-state index contributed by atoms with van der Waals surface area (Å²) in [6, 6.07) is 1.69. The van der Waals surface area contributed by atoms with E-state index >= 15 is 0 Å². The van der Waals surface area contributed by atoms with Crippen LogP contribution in [0.3, 0.4) is 0 Å². The molecule has 0 bridgehead atoms. The summed E-state index contributed by atoms with van der Waals surface area (Å²) in [5.74, 6) is 1.13. The normalized spacial score (nSPS) is 14.1. The summed E-state index contributed by atoms with van der Waals surface area (Å²) >= 11 is 13.7. The van der Waals surface area contributed by atoms with Crippen LogP contribution >= 0.6 is 35.0 Å². The molecule has 0 amide bonds. The first-order valence-electron chi connectivity index (χ1n) is 5.47. The van der Waals surface area contributed by atoms with E-state index in [1.165, 1.54) is 0 Å². The van der Waals surface area contributed by atoms with Crippen molar-refractivity contribution >= 4 is 46.6 Å². The molecule has 0 saturated heterocycles. The molecule has 0 radical (unpaired) electrons. The van der Waals surface area contributed by atoms with Gasteiger partial charge in [-0.1, -0.05) is 23.2 Å². The van der Waals surface area contributed by atoms with Crippen molar-refractivity contribution in [2.45, 2.75) is 18.2 Å². The maximum atomic E-state index is 9.24. The van der Waals surface area contributed by atoms with Crippen molar-refractivity contribution in [1.29, 1.82) is 0 Å². The largest absolute Gasteiger partial charge is 0.395 e. The Balaban J connectivity index is 2.90. The predicted octanol–water partition coefficient (Wildman–Crippen LogP) is 2.95. The lowest BCUT2D eigenvalue weighted by atomic mass is 10.2. The molecule has 1 aromatic heterocycles. The predicted molar refractivity (Wildman–Crippen MR) is 81.3 cm³/mol. The Hall–Kier alpha value is -0.360. The fourth-order valence-electron chi connectivity index (χ4n) is 1.49. The monoisotopic (exact) mass is 309 g/mol. The van der Waals surface area contributed by atoms with Gasteiger partial charge in [0.25, 0.3) is 0 Å². The zero-order chi connectivity index (χ0) is 13.7. The highest BCUT2D eigenvalue weighted by Gasteiger charge is 2.17. The molecule has 18 heavy (non-hydrogen) atoms. The van der Waals surface area contributed by atoms with E-state index in [2.05, 4.69) is 15.6 Å². The molecule has 4 nitrogen and oxygen atoms in total. The maximum absolute atomic E-state index is 9.24. The molecule has 0 aliphatic rings. The maximum Gasteiger partial charge on any atom is 0.147 e. The molecule has 0 spiro atoms. The molecule has 7 heteroatoms. The molecule has 1 rings (SSSR count). The van der Waals surface area contributed by atoms with E-state index in [9.17, 15) is 5.11 Å². The van der Waals surface area contributed by atoms with E-state index in [0.29, 0.717) is 21.7 Å². The number of rotatable bonds is 6. The second kappa shape index (κ2) is 7.28. The molecular weight excluding hydrogens is 293 g/mol. The number of hydrogen-bond acceptors (Lipinski definition) is 5. The van der Waals surface area contributed by atoms with Gasteiger partial charge in [-0.25, -0.2) is 4.98 Å². The van der Waals surface area contributed by atoms with Gasteiger partial charge >= 0.3 is 0 Å². The first kappa shape index (κ1) is 15.7. The Morgan fingerprint density at radius 1 is 1.39 bits per heavy atom. The van der Waals surface area contributed by atoms with E-state index in [1.807, 2.05) is 13.2 Å². The molecule has 0 aliphatic carbocycles. The zero-order valence-corrected chi connectivity index (χ0v) is 12.8. The zero-order valence-electron chi connectivity index (χ0n) is 10.5. The van der Waals surface area contributed by atoms with Gasteiger partial charge in [-0.2, -0.15) is 11.8 Å². The molecule has 1 heterocycles. The Morgan fingerprint density at radius 2 is 2.00 bits per heavy atom. The molecule has 2 atom stereocenters. The van der Waals surface area contributed by atoms with Gasteiger partial charge in [-0.05, 0) is 19.2 Å². The van der Waals surface area contributed by atoms with Crippen LogP contribution in [0.2, 0.25) is 10.0 Å². The molecule has 3 N–H and O–H groups in total. The Kier molecular flexibility index (Phi) is 6.35. The van der Waals surface area contributed by atoms with Crippen LogP contribution in [0.1, 0.15) is 6.92 Å². The molecular formula is C11H17Cl2N3OS. The van der Waals surface area contributed by atoms with Gasteiger partial charge in [-0.15, -0.1) is 0 Å². The van der Waals surface area contributed by atoms with E-state index in [0.717, 1.165) is 0 Å². The van der Waals surface area contributed by atoms with Crippen LogP contribution in [0.25, 0.3) is 0 Å². The van der Waals surface area contributed by atoms with Crippen molar-refractivity contribution in [3.63, 3.8) is 0 Å². The number of thioether (sulfide) groups is 1. The van der Waals surface area contributed by atoms with Crippen LogP contribution in [-0.2, 0) is 0 Å². The first-order valence-corrected chi connectivity index (χ1v) is 7.51. The second-order valence-corrected chi connectivity index (χ2v) is 5.68. The van der Waals surface area contributed by atoms with Gasteiger partial charge in [0.15, 0.2) is 0 Å². The summed E-state index contributed by atoms with van der Waals surface area (Å²) in [7, 11) is 1.74. The summed E-state index contributed by atoms with van der Waals surface area (Å²) in [6.07, 6.45) is 1.95. The van der Waals surface area contributed by atoms with Crippen molar-refractivity contribution < 1.29 is 5.11 Å². The van der Waals surface area contributed by atoms with Gasteiger partial charge in [0.05, 0.1) is 16.7 Å². The number of pyridine rings is 1. The summed E-state index contributed by atoms with van der Waals surface area (Å²) in [5.41, 5.74) is 0. The van der Waals surface area contributed by atoms with Crippen molar-refractivity contribution in [3.8, 4) is 0 Å². The van der Waals surface area contributed by atoms with E-state index < -0.39 is 0 Å². The summed E-state index contributed by atoms with van der Waals surface area (Å²) in [5, 5.41) is 16.3. The Bertz CT molecular complexity index is 402. The number of nitrogens with one attached hydrogen (secondary N) is 2. The van der Waals surface area contributed by atoms with Crippen LogP contribution in [0, 0.1) is 0 Å². The summed E-state index contributed by atoms with van der Waals surface area (Å²) < 4.78 is 0. The minimum absolute atomic E-state index is 0.0425. The molecule has 2 unspecified atom stereocenters. The van der Waals surface area contributed by atoms with E-state index in [4.69, 9.17) is 23.2 Å².